The van der Waals surface area contributed by atoms with Gasteiger partial charge < -0.3 is 14.6 Å². The fraction of sp³-hybridized carbons (Fsp3) is 0.235. The highest BCUT2D eigenvalue weighted by Gasteiger charge is 2.29. The summed E-state index contributed by atoms with van der Waals surface area (Å²) in [6.45, 7) is 0.200. The zero-order valence-electron chi connectivity index (χ0n) is 12.7. The van der Waals surface area contributed by atoms with Crippen molar-refractivity contribution < 1.29 is 24.3 Å². The number of nitrogens with zero attached hydrogens (tertiary/aromatic N) is 1. The summed E-state index contributed by atoms with van der Waals surface area (Å²) < 4.78 is 11.3. The van der Waals surface area contributed by atoms with Crippen molar-refractivity contribution in [1.29, 1.82) is 0 Å². The van der Waals surface area contributed by atoms with E-state index in [0.29, 0.717) is 0 Å². The SMILES string of the molecule is O=C(O)c1cc(OC2CC2)c(OCc2ccccc2)cc1[N+](=O)[O-]. The molecule has 3 rings (SSSR count). The average molecular weight is 329 g/mol. The van der Waals surface area contributed by atoms with Crippen LogP contribution in [0.25, 0.3) is 0 Å². The maximum absolute atomic E-state index is 11.3. The number of carboxylic acids is 1. The van der Waals surface area contributed by atoms with E-state index in [4.69, 9.17) is 9.47 Å². The zero-order chi connectivity index (χ0) is 17.1. The molecule has 0 saturated heterocycles. The molecule has 1 N–H and O–H groups in total. The average Bonchev–Trinajstić information content (AvgIpc) is 3.38. The summed E-state index contributed by atoms with van der Waals surface area (Å²) in [5.41, 5.74) is -0.0451. The Morgan fingerprint density at radius 2 is 1.92 bits per heavy atom. The van der Waals surface area contributed by atoms with Crippen molar-refractivity contribution in [3.05, 3.63) is 63.7 Å². The zero-order valence-corrected chi connectivity index (χ0v) is 12.7. The molecule has 0 spiro atoms. The van der Waals surface area contributed by atoms with E-state index in [9.17, 15) is 20.0 Å². The number of ether oxygens (including phenoxy) is 2. The smallest absolute Gasteiger partial charge is 0.342 e. The molecule has 0 heterocycles. The predicted octanol–water partition coefficient (Wildman–Crippen LogP) is 3.41. The van der Waals surface area contributed by atoms with Crippen LogP contribution in [0.1, 0.15) is 28.8 Å². The molecule has 0 aliphatic heterocycles. The number of rotatable bonds is 7. The van der Waals surface area contributed by atoms with Gasteiger partial charge in [0.2, 0.25) is 0 Å². The summed E-state index contributed by atoms with van der Waals surface area (Å²) in [7, 11) is 0. The van der Waals surface area contributed by atoms with Crippen LogP contribution in [0.4, 0.5) is 5.69 Å². The molecule has 7 heteroatoms. The van der Waals surface area contributed by atoms with Crippen molar-refractivity contribution >= 4 is 11.7 Å². The van der Waals surface area contributed by atoms with Gasteiger partial charge in [0, 0.05) is 6.07 Å². The van der Waals surface area contributed by atoms with Gasteiger partial charge in [-0.3, -0.25) is 10.1 Å². The molecule has 0 radical (unpaired) electrons. The molecule has 1 aliphatic carbocycles. The minimum absolute atomic E-state index is 0.00664. The highest BCUT2D eigenvalue weighted by atomic mass is 16.6. The predicted molar refractivity (Wildman–Crippen MR) is 84.5 cm³/mol. The maximum Gasteiger partial charge on any atom is 0.342 e. The van der Waals surface area contributed by atoms with Crippen LogP contribution in [0.5, 0.6) is 11.5 Å². The standard InChI is InChI=1S/C17H15NO6/c19-17(20)13-8-16(24-12-6-7-12)15(9-14(13)18(21)22)23-10-11-4-2-1-3-5-11/h1-5,8-9,12H,6-7,10H2,(H,19,20). The van der Waals surface area contributed by atoms with Crippen LogP contribution in [0.2, 0.25) is 0 Å². The fourth-order valence-electron chi connectivity index (χ4n) is 2.18. The van der Waals surface area contributed by atoms with Gasteiger partial charge in [-0.25, -0.2) is 4.79 Å². The minimum Gasteiger partial charge on any atom is -0.487 e. The third-order valence-electron chi connectivity index (χ3n) is 3.54. The lowest BCUT2D eigenvalue weighted by molar-refractivity contribution is -0.385. The highest BCUT2D eigenvalue weighted by Crippen LogP contribution is 2.38. The molecule has 1 aliphatic rings. The van der Waals surface area contributed by atoms with Crippen molar-refractivity contribution in [3.63, 3.8) is 0 Å². The van der Waals surface area contributed by atoms with Crippen LogP contribution in [-0.4, -0.2) is 22.1 Å². The lowest BCUT2D eigenvalue weighted by Crippen LogP contribution is -2.07. The van der Waals surface area contributed by atoms with E-state index in [1.807, 2.05) is 30.3 Å². The van der Waals surface area contributed by atoms with E-state index < -0.39 is 22.1 Å². The monoisotopic (exact) mass is 329 g/mol. The minimum atomic E-state index is -1.38. The van der Waals surface area contributed by atoms with E-state index >= 15 is 0 Å². The number of carboxylic acid groups (broad SMARTS) is 1. The van der Waals surface area contributed by atoms with Gasteiger partial charge in [-0.2, -0.15) is 0 Å². The Balaban J connectivity index is 1.93. The van der Waals surface area contributed by atoms with Crippen molar-refractivity contribution in [2.24, 2.45) is 0 Å². The molecule has 2 aromatic rings. The lowest BCUT2D eigenvalue weighted by atomic mass is 10.1. The summed E-state index contributed by atoms with van der Waals surface area (Å²) >= 11 is 0. The Kier molecular flexibility index (Phi) is 4.33. The fourth-order valence-corrected chi connectivity index (χ4v) is 2.18. The van der Waals surface area contributed by atoms with Crippen molar-refractivity contribution in [3.8, 4) is 11.5 Å². The first-order valence-electron chi connectivity index (χ1n) is 7.43. The van der Waals surface area contributed by atoms with Crippen LogP contribution >= 0.6 is 0 Å². The first-order chi connectivity index (χ1) is 11.5. The van der Waals surface area contributed by atoms with E-state index in [1.165, 1.54) is 6.07 Å². The Hall–Kier alpha value is -3.09. The number of hydrogen-bond donors (Lipinski definition) is 1. The van der Waals surface area contributed by atoms with Crippen molar-refractivity contribution in [2.75, 3.05) is 0 Å². The number of nitro benzene ring substituents is 1. The highest BCUT2D eigenvalue weighted by molar-refractivity contribution is 5.93. The van der Waals surface area contributed by atoms with Gasteiger partial charge in [-0.05, 0) is 18.4 Å². The number of nitro groups is 1. The molecule has 0 amide bonds. The third-order valence-corrected chi connectivity index (χ3v) is 3.54. The van der Waals surface area contributed by atoms with Crippen LogP contribution in [0, 0.1) is 10.1 Å². The molecule has 0 bridgehead atoms. The molecule has 0 aromatic heterocycles. The van der Waals surface area contributed by atoms with E-state index in [-0.39, 0.29) is 24.2 Å². The van der Waals surface area contributed by atoms with E-state index in [0.717, 1.165) is 24.5 Å². The van der Waals surface area contributed by atoms with Crippen molar-refractivity contribution in [2.45, 2.75) is 25.6 Å². The van der Waals surface area contributed by atoms with Gasteiger partial charge in [-0.1, -0.05) is 30.3 Å². The molecular formula is C17H15NO6. The van der Waals surface area contributed by atoms with E-state index in [1.54, 1.807) is 0 Å². The van der Waals surface area contributed by atoms with Crippen LogP contribution in [0.3, 0.4) is 0 Å². The Morgan fingerprint density at radius 1 is 1.21 bits per heavy atom. The normalized spacial score (nSPS) is 13.3. The van der Waals surface area contributed by atoms with Gasteiger partial charge in [0.05, 0.1) is 17.1 Å². The summed E-state index contributed by atoms with van der Waals surface area (Å²) in [4.78, 5) is 21.7. The number of benzene rings is 2. The largest absolute Gasteiger partial charge is 0.487 e. The van der Waals surface area contributed by atoms with Gasteiger partial charge in [-0.15, -0.1) is 0 Å². The van der Waals surface area contributed by atoms with Gasteiger partial charge in [0.25, 0.3) is 5.69 Å². The first-order valence-corrected chi connectivity index (χ1v) is 7.43. The molecule has 0 atom stereocenters. The Labute approximate surface area is 137 Å². The summed E-state index contributed by atoms with van der Waals surface area (Å²) in [6, 6.07) is 11.6. The molecule has 124 valence electrons. The van der Waals surface area contributed by atoms with Gasteiger partial charge >= 0.3 is 5.97 Å². The number of carbonyl (C=O) groups is 1. The van der Waals surface area contributed by atoms with Gasteiger partial charge in [0.15, 0.2) is 11.5 Å². The first kappa shape index (κ1) is 15.8. The molecule has 1 saturated carbocycles. The lowest BCUT2D eigenvalue weighted by Gasteiger charge is -2.13. The Morgan fingerprint density at radius 3 is 2.50 bits per heavy atom. The van der Waals surface area contributed by atoms with Crippen molar-refractivity contribution in [1.82, 2.24) is 0 Å². The summed E-state index contributed by atoms with van der Waals surface area (Å²) in [5, 5.41) is 20.3. The van der Waals surface area contributed by atoms with Crippen LogP contribution in [-0.2, 0) is 6.61 Å². The second-order valence-corrected chi connectivity index (χ2v) is 5.47. The molecule has 2 aromatic carbocycles. The van der Waals surface area contributed by atoms with E-state index in [2.05, 4.69) is 0 Å². The Bertz CT molecular complexity index is 770. The summed E-state index contributed by atoms with van der Waals surface area (Å²) in [5.74, 6) is -0.990. The quantitative estimate of drug-likeness (QED) is 0.617. The third kappa shape index (κ3) is 3.62. The molecule has 1 fully saturated rings. The number of hydrogen-bond acceptors (Lipinski definition) is 5. The number of aromatic carboxylic acids is 1. The topological polar surface area (TPSA) is 98.9 Å². The van der Waals surface area contributed by atoms with Gasteiger partial charge in [0.1, 0.15) is 12.2 Å². The van der Waals surface area contributed by atoms with Crippen LogP contribution in [0.15, 0.2) is 42.5 Å². The molecule has 7 nitrogen and oxygen atoms in total. The molecule has 0 unspecified atom stereocenters. The second-order valence-electron chi connectivity index (χ2n) is 5.47. The van der Waals surface area contributed by atoms with Crippen LogP contribution < -0.4 is 9.47 Å². The second kappa shape index (κ2) is 6.57. The summed E-state index contributed by atoms with van der Waals surface area (Å²) in [6.07, 6.45) is 1.75. The molecular weight excluding hydrogens is 314 g/mol. The maximum atomic E-state index is 11.3. The molecule has 24 heavy (non-hydrogen) atoms.